The van der Waals surface area contributed by atoms with Crippen LogP contribution in [0.4, 0.5) is 4.39 Å². The highest BCUT2D eigenvalue weighted by molar-refractivity contribution is 5.64. The Morgan fingerprint density at radius 1 is 0.692 bits per heavy atom. The fraction of sp³-hybridized carbons (Fsp3) is 0.280. The van der Waals surface area contributed by atoms with E-state index >= 15 is 0 Å². The average Bonchev–Trinajstić information content (AvgIpc) is 2.66. The van der Waals surface area contributed by atoms with Crippen molar-refractivity contribution in [3.8, 4) is 11.1 Å². The van der Waals surface area contributed by atoms with Gasteiger partial charge in [-0.3, -0.25) is 0 Å². The predicted molar refractivity (Wildman–Crippen MR) is 109 cm³/mol. The van der Waals surface area contributed by atoms with Gasteiger partial charge in [0.1, 0.15) is 5.82 Å². The van der Waals surface area contributed by atoms with Crippen molar-refractivity contribution in [1.29, 1.82) is 0 Å². The predicted octanol–water partition coefficient (Wildman–Crippen LogP) is 6.93. The third kappa shape index (κ3) is 4.82. The van der Waals surface area contributed by atoms with E-state index in [4.69, 9.17) is 0 Å². The fourth-order valence-electron chi connectivity index (χ4n) is 3.22. The van der Waals surface area contributed by atoms with Crippen LogP contribution in [0.2, 0.25) is 0 Å². The molecule has 0 bridgehead atoms. The second-order valence-electron chi connectivity index (χ2n) is 7.10. The van der Waals surface area contributed by atoms with E-state index in [-0.39, 0.29) is 5.82 Å². The molecule has 134 valence electrons. The molecule has 1 heteroatoms. The van der Waals surface area contributed by atoms with E-state index in [1.165, 1.54) is 16.7 Å². The zero-order valence-corrected chi connectivity index (χ0v) is 15.8. The zero-order valence-electron chi connectivity index (χ0n) is 15.8. The third-order valence-corrected chi connectivity index (χ3v) is 4.94. The number of halogens is 1. The summed E-state index contributed by atoms with van der Waals surface area (Å²) in [6, 6.07) is 22.7. The molecule has 0 aliphatic rings. The second-order valence-corrected chi connectivity index (χ2v) is 7.10. The molecule has 3 aromatic carbocycles. The van der Waals surface area contributed by atoms with Crippen LogP contribution in [0.15, 0.2) is 66.7 Å². The standard InChI is InChI=1S/C25H27F/c1-3-4-5-22-14-17-24(25(26)18-22)23-15-12-21(13-16-23)11-10-20-8-6-19(2)7-9-20/h6-9,12-18H,3-5,10-11H2,1-2H3. The van der Waals surface area contributed by atoms with Gasteiger partial charge < -0.3 is 0 Å². The van der Waals surface area contributed by atoms with Crippen molar-refractivity contribution in [1.82, 2.24) is 0 Å². The van der Waals surface area contributed by atoms with Crippen LogP contribution in [-0.2, 0) is 19.3 Å². The molecule has 0 nitrogen and oxygen atoms in total. The van der Waals surface area contributed by atoms with Crippen molar-refractivity contribution in [2.45, 2.75) is 46.0 Å². The van der Waals surface area contributed by atoms with Crippen molar-refractivity contribution in [3.63, 3.8) is 0 Å². The Hall–Kier alpha value is -2.41. The van der Waals surface area contributed by atoms with Gasteiger partial charge in [-0.05, 0) is 60.9 Å². The Morgan fingerprint density at radius 3 is 1.85 bits per heavy atom. The first-order chi connectivity index (χ1) is 12.7. The summed E-state index contributed by atoms with van der Waals surface area (Å²) in [4.78, 5) is 0. The Bertz CT molecular complexity index is 829. The summed E-state index contributed by atoms with van der Waals surface area (Å²) in [6.45, 7) is 4.27. The molecule has 0 heterocycles. The molecule has 26 heavy (non-hydrogen) atoms. The summed E-state index contributed by atoms with van der Waals surface area (Å²) < 4.78 is 14.5. The summed E-state index contributed by atoms with van der Waals surface area (Å²) in [7, 11) is 0. The minimum absolute atomic E-state index is 0.119. The van der Waals surface area contributed by atoms with Gasteiger partial charge in [-0.25, -0.2) is 4.39 Å². The molecule has 0 saturated carbocycles. The van der Waals surface area contributed by atoms with E-state index < -0.39 is 0 Å². The van der Waals surface area contributed by atoms with Crippen LogP contribution in [0.5, 0.6) is 0 Å². The maximum atomic E-state index is 14.5. The maximum absolute atomic E-state index is 14.5. The van der Waals surface area contributed by atoms with Crippen LogP contribution in [-0.4, -0.2) is 0 Å². The third-order valence-electron chi connectivity index (χ3n) is 4.94. The lowest BCUT2D eigenvalue weighted by molar-refractivity contribution is 0.627. The highest BCUT2D eigenvalue weighted by atomic mass is 19.1. The first-order valence-electron chi connectivity index (χ1n) is 9.59. The molecule has 0 saturated heterocycles. The first kappa shape index (κ1) is 18.4. The molecule has 0 fully saturated rings. The van der Waals surface area contributed by atoms with Gasteiger partial charge in [0.2, 0.25) is 0 Å². The van der Waals surface area contributed by atoms with Crippen LogP contribution in [0.25, 0.3) is 11.1 Å². The van der Waals surface area contributed by atoms with Crippen LogP contribution in [0.3, 0.4) is 0 Å². The van der Waals surface area contributed by atoms with E-state index in [0.29, 0.717) is 5.56 Å². The van der Waals surface area contributed by atoms with Crippen LogP contribution < -0.4 is 0 Å². The SMILES string of the molecule is CCCCc1ccc(-c2ccc(CCc3ccc(C)cc3)cc2)c(F)c1. The van der Waals surface area contributed by atoms with E-state index in [1.54, 1.807) is 6.07 Å². The Balaban J connectivity index is 1.66. The van der Waals surface area contributed by atoms with Gasteiger partial charge in [0.05, 0.1) is 0 Å². The molecule has 0 aromatic heterocycles. The molecule has 0 amide bonds. The highest BCUT2D eigenvalue weighted by Crippen LogP contribution is 2.25. The Labute approximate surface area is 156 Å². The summed E-state index contributed by atoms with van der Waals surface area (Å²) in [5.41, 5.74) is 6.66. The lowest BCUT2D eigenvalue weighted by Gasteiger charge is -2.08. The molecule has 3 rings (SSSR count). The fourth-order valence-corrected chi connectivity index (χ4v) is 3.22. The lowest BCUT2D eigenvalue weighted by atomic mass is 9.98. The molecule has 0 aliphatic carbocycles. The summed E-state index contributed by atoms with van der Waals surface area (Å²) in [5.74, 6) is -0.119. The minimum Gasteiger partial charge on any atom is -0.206 e. The Kier molecular flexibility index (Phi) is 6.22. The number of aryl methyl sites for hydroxylation is 4. The van der Waals surface area contributed by atoms with Gasteiger partial charge in [-0.2, -0.15) is 0 Å². The largest absolute Gasteiger partial charge is 0.206 e. The molecule has 0 N–H and O–H groups in total. The van der Waals surface area contributed by atoms with Crippen molar-refractivity contribution >= 4 is 0 Å². The average molecular weight is 346 g/mol. The monoisotopic (exact) mass is 346 g/mol. The summed E-state index contributed by atoms with van der Waals surface area (Å²) in [6.07, 6.45) is 5.22. The van der Waals surface area contributed by atoms with Crippen molar-refractivity contribution in [3.05, 3.63) is 94.8 Å². The molecular formula is C25H27F. The minimum atomic E-state index is -0.119. The number of unbranched alkanes of at least 4 members (excludes halogenated alkanes) is 1. The molecule has 0 atom stereocenters. The van der Waals surface area contributed by atoms with Crippen LogP contribution in [0.1, 0.15) is 42.0 Å². The highest BCUT2D eigenvalue weighted by Gasteiger charge is 2.06. The topological polar surface area (TPSA) is 0 Å². The van der Waals surface area contributed by atoms with E-state index in [9.17, 15) is 4.39 Å². The van der Waals surface area contributed by atoms with E-state index in [2.05, 4.69) is 56.3 Å². The Morgan fingerprint density at radius 2 is 1.27 bits per heavy atom. The first-order valence-corrected chi connectivity index (χ1v) is 9.59. The number of hydrogen-bond donors (Lipinski definition) is 0. The van der Waals surface area contributed by atoms with E-state index in [1.807, 2.05) is 18.2 Å². The molecule has 0 radical (unpaired) electrons. The quantitative estimate of drug-likeness (QED) is 0.435. The molecule has 3 aromatic rings. The van der Waals surface area contributed by atoms with Crippen LogP contribution >= 0.6 is 0 Å². The van der Waals surface area contributed by atoms with Crippen molar-refractivity contribution in [2.24, 2.45) is 0 Å². The number of benzene rings is 3. The van der Waals surface area contributed by atoms with Crippen molar-refractivity contribution in [2.75, 3.05) is 0 Å². The zero-order chi connectivity index (χ0) is 18.4. The number of hydrogen-bond acceptors (Lipinski definition) is 0. The van der Waals surface area contributed by atoms with Gasteiger partial charge in [-0.15, -0.1) is 0 Å². The van der Waals surface area contributed by atoms with Gasteiger partial charge in [0, 0.05) is 5.56 Å². The maximum Gasteiger partial charge on any atom is 0.131 e. The molecule has 0 spiro atoms. The van der Waals surface area contributed by atoms with Gasteiger partial charge >= 0.3 is 0 Å². The van der Waals surface area contributed by atoms with Gasteiger partial charge in [-0.1, -0.05) is 79.6 Å². The smallest absolute Gasteiger partial charge is 0.131 e. The van der Waals surface area contributed by atoms with Crippen LogP contribution in [0, 0.1) is 12.7 Å². The second kappa shape index (κ2) is 8.80. The molecule has 0 aliphatic heterocycles. The molecular weight excluding hydrogens is 319 g/mol. The normalized spacial score (nSPS) is 10.9. The summed E-state index contributed by atoms with van der Waals surface area (Å²) in [5, 5.41) is 0. The molecule has 0 unspecified atom stereocenters. The lowest BCUT2D eigenvalue weighted by Crippen LogP contribution is -1.93. The van der Waals surface area contributed by atoms with Gasteiger partial charge in [0.25, 0.3) is 0 Å². The van der Waals surface area contributed by atoms with Crippen molar-refractivity contribution < 1.29 is 4.39 Å². The van der Waals surface area contributed by atoms with E-state index in [0.717, 1.165) is 43.2 Å². The van der Waals surface area contributed by atoms with Gasteiger partial charge in [0.15, 0.2) is 0 Å². The summed E-state index contributed by atoms with van der Waals surface area (Å²) >= 11 is 0. The number of rotatable bonds is 7.